The van der Waals surface area contributed by atoms with E-state index in [-0.39, 0.29) is 0 Å². The Kier molecular flexibility index (Phi) is 6.87. The van der Waals surface area contributed by atoms with Crippen LogP contribution in [0.15, 0.2) is 18.2 Å². The van der Waals surface area contributed by atoms with E-state index in [1.54, 1.807) is 0 Å². The van der Waals surface area contributed by atoms with Crippen LogP contribution >= 0.6 is 0 Å². The van der Waals surface area contributed by atoms with Crippen LogP contribution in [0.3, 0.4) is 0 Å². The normalized spacial score (nSPS) is 15.5. The van der Waals surface area contributed by atoms with Crippen LogP contribution in [-0.4, -0.2) is 19.3 Å². The zero-order chi connectivity index (χ0) is 14.9. The molecule has 1 heterocycles. The van der Waals surface area contributed by atoms with Crippen molar-refractivity contribution in [1.82, 2.24) is 5.32 Å². The number of fused-ring (bicyclic) bond motifs is 1. The van der Waals surface area contributed by atoms with Crippen LogP contribution in [-0.2, 0) is 6.54 Å². The Morgan fingerprint density at radius 1 is 1.14 bits per heavy atom. The number of hydrogen-bond acceptors (Lipinski definition) is 3. The fourth-order valence-corrected chi connectivity index (χ4v) is 2.66. The van der Waals surface area contributed by atoms with Crippen molar-refractivity contribution in [1.29, 1.82) is 0 Å². The first-order valence-electron chi connectivity index (χ1n) is 8.42. The van der Waals surface area contributed by atoms with Gasteiger partial charge in [0.1, 0.15) is 0 Å². The number of para-hydroxylation sites is 1. The number of rotatable bonds is 8. The summed E-state index contributed by atoms with van der Waals surface area (Å²) >= 11 is 0. The lowest BCUT2D eigenvalue weighted by Crippen LogP contribution is -2.25. The van der Waals surface area contributed by atoms with Gasteiger partial charge in [-0.15, -0.1) is 0 Å². The first-order valence-corrected chi connectivity index (χ1v) is 8.42. The van der Waals surface area contributed by atoms with E-state index in [1.165, 1.54) is 37.7 Å². The molecule has 0 amide bonds. The minimum absolute atomic E-state index is 0.546. The average Bonchev–Trinajstić information content (AvgIpc) is 2.75. The maximum absolute atomic E-state index is 5.86. The molecule has 0 aromatic heterocycles. The molecule has 21 heavy (non-hydrogen) atoms. The predicted molar refractivity (Wildman–Crippen MR) is 87.1 cm³/mol. The summed E-state index contributed by atoms with van der Waals surface area (Å²) in [6.07, 6.45) is 7.51. The van der Waals surface area contributed by atoms with Crippen LogP contribution in [0.5, 0.6) is 11.5 Å². The lowest BCUT2D eigenvalue weighted by atomic mass is 10.1. The van der Waals surface area contributed by atoms with Crippen molar-refractivity contribution >= 4 is 0 Å². The second-order valence-electron chi connectivity index (χ2n) is 5.93. The molecule has 2 rings (SSSR count). The van der Waals surface area contributed by atoms with Gasteiger partial charge < -0.3 is 14.8 Å². The standard InChI is InChI=1S/C18H29NO2/c1-3-4-5-6-9-15(2)19-14-16-10-7-11-17-18(16)21-13-8-12-20-17/h7,10-11,15,19H,3-6,8-9,12-14H2,1-2H3. The van der Waals surface area contributed by atoms with Crippen LogP contribution in [0.25, 0.3) is 0 Å². The highest BCUT2D eigenvalue weighted by Crippen LogP contribution is 2.33. The molecule has 0 aliphatic carbocycles. The molecule has 1 aliphatic heterocycles. The molecule has 1 atom stereocenters. The molecule has 0 spiro atoms. The van der Waals surface area contributed by atoms with Crippen LogP contribution in [0.2, 0.25) is 0 Å². The maximum atomic E-state index is 5.86. The van der Waals surface area contributed by atoms with E-state index in [0.717, 1.165) is 37.7 Å². The van der Waals surface area contributed by atoms with Gasteiger partial charge in [-0.25, -0.2) is 0 Å². The number of benzene rings is 1. The van der Waals surface area contributed by atoms with E-state index in [9.17, 15) is 0 Å². The van der Waals surface area contributed by atoms with E-state index in [1.807, 2.05) is 6.07 Å². The van der Waals surface area contributed by atoms with Crippen LogP contribution in [0, 0.1) is 0 Å². The minimum Gasteiger partial charge on any atom is -0.490 e. The molecule has 0 fully saturated rings. The summed E-state index contributed by atoms with van der Waals surface area (Å²) in [7, 11) is 0. The monoisotopic (exact) mass is 291 g/mol. The molecule has 1 aromatic rings. The molecule has 0 radical (unpaired) electrons. The van der Waals surface area contributed by atoms with Crippen molar-refractivity contribution in [3.05, 3.63) is 23.8 Å². The van der Waals surface area contributed by atoms with Gasteiger partial charge in [0.15, 0.2) is 11.5 Å². The van der Waals surface area contributed by atoms with Crippen molar-refractivity contribution < 1.29 is 9.47 Å². The Bertz CT molecular complexity index is 420. The van der Waals surface area contributed by atoms with Crippen LogP contribution < -0.4 is 14.8 Å². The molecule has 1 aliphatic rings. The van der Waals surface area contributed by atoms with E-state index < -0.39 is 0 Å². The van der Waals surface area contributed by atoms with Crippen molar-refractivity contribution in [2.75, 3.05) is 13.2 Å². The summed E-state index contributed by atoms with van der Waals surface area (Å²) in [5.41, 5.74) is 1.20. The van der Waals surface area contributed by atoms with Gasteiger partial charge in [-0.3, -0.25) is 0 Å². The Morgan fingerprint density at radius 2 is 2.00 bits per heavy atom. The smallest absolute Gasteiger partial charge is 0.165 e. The number of ether oxygens (including phenoxy) is 2. The molecule has 3 heteroatoms. The minimum atomic E-state index is 0.546. The SMILES string of the molecule is CCCCCCC(C)NCc1cccc2c1OCCCO2. The molecule has 0 bridgehead atoms. The predicted octanol–water partition coefficient (Wildman–Crippen LogP) is 4.30. The third-order valence-corrected chi connectivity index (χ3v) is 3.98. The first-order chi connectivity index (χ1) is 10.3. The van der Waals surface area contributed by atoms with Gasteiger partial charge in [0.2, 0.25) is 0 Å². The van der Waals surface area contributed by atoms with Crippen LogP contribution in [0.1, 0.15) is 57.9 Å². The van der Waals surface area contributed by atoms with Gasteiger partial charge in [-0.05, 0) is 19.4 Å². The van der Waals surface area contributed by atoms with E-state index in [0.29, 0.717) is 6.04 Å². The highest BCUT2D eigenvalue weighted by atomic mass is 16.5. The topological polar surface area (TPSA) is 30.5 Å². The zero-order valence-electron chi connectivity index (χ0n) is 13.5. The number of nitrogens with one attached hydrogen (secondary N) is 1. The molecule has 3 nitrogen and oxygen atoms in total. The molecule has 1 N–H and O–H groups in total. The van der Waals surface area contributed by atoms with Crippen molar-refractivity contribution in [2.24, 2.45) is 0 Å². The molecular weight excluding hydrogens is 262 g/mol. The van der Waals surface area contributed by atoms with Gasteiger partial charge in [-0.2, -0.15) is 0 Å². The molecular formula is C18H29NO2. The lowest BCUT2D eigenvalue weighted by Gasteiger charge is -2.16. The van der Waals surface area contributed by atoms with Crippen LogP contribution in [0.4, 0.5) is 0 Å². The number of unbranched alkanes of at least 4 members (excludes halogenated alkanes) is 3. The third kappa shape index (κ3) is 5.24. The van der Waals surface area contributed by atoms with Gasteiger partial charge >= 0.3 is 0 Å². The highest BCUT2D eigenvalue weighted by molar-refractivity contribution is 5.47. The van der Waals surface area contributed by atoms with Crippen molar-refractivity contribution in [3.8, 4) is 11.5 Å². The van der Waals surface area contributed by atoms with Gasteiger partial charge in [0.25, 0.3) is 0 Å². The summed E-state index contributed by atoms with van der Waals surface area (Å²) in [4.78, 5) is 0. The average molecular weight is 291 g/mol. The molecule has 1 aromatic carbocycles. The van der Waals surface area contributed by atoms with E-state index >= 15 is 0 Å². The lowest BCUT2D eigenvalue weighted by molar-refractivity contribution is 0.295. The fraction of sp³-hybridized carbons (Fsp3) is 0.667. The van der Waals surface area contributed by atoms with Gasteiger partial charge in [0, 0.05) is 24.6 Å². The largest absolute Gasteiger partial charge is 0.490 e. The summed E-state index contributed by atoms with van der Waals surface area (Å²) in [5, 5.41) is 3.61. The summed E-state index contributed by atoms with van der Waals surface area (Å²) in [5.74, 6) is 1.82. The van der Waals surface area contributed by atoms with Gasteiger partial charge in [0.05, 0.1) is 13.2 Å². The maximum Gasteiger partial charge on any atom is 0.165 e. The Hall–Kier alpha value is -1.22. The zero-order valence-corrected chi connectivity index (χ0v) is 13.5. The fourth-order valence-electron chi connectivity index (χ4n) is 2.66. The second kappa shape index (κ2) is 8.93. The Labute approximate surface area is 129 Å². The quantitative estimate of drug-likeness (QED) is 0.725. The first kappa shape index (κ1) is 16.2. The Balaban J connectivity index is 1.83. The van der Waals surface area contributed by atoms with E-state index in [2.05, 4.69) is 31.3 Å². The molecule has 1 unspecified atom stereocenters. The third-order valence-electron chi connectivity index (χ3n) is 3.98. The van der Waals surface area contributed by atoms with Crippen molar-refractivity contribution in [2.45, 2.75) is 65.0 Å². The second-order valence-corrected chi connectivity index (χ2v) is 5.93. The molecule has 0 saturated heterocycles. The van der Waals surface area contributed by atoms with Gasteiger partial charge in [-0.1, -0.05) is 44.7 Å². The van der Waals surface area contributed by atoms with Crippen molar-refractivity contribution in [3.63, 3.8) is 0 Å². The molecule has 118 valence electrons. The Morgan fingerprint density at radius 3 is 2.86 bits per heavy atom. The number of hydrogen-bond donors (Lipinski definition) is 1. The molecule has 0 saturated carbocycles. The summed E-state index contributed by atoms with van der Waals surface area (Å²) < 4.78 is 11.6. The summed E-state index contributed by atoms with van der Waals surface area (Å²) in [6.45, 7) is 6.87. The highest BCUT2D eigenvalue weighted by Gasteiger charge is 2.14. The summed E-state index contributed by atoms with van der Waals surface area (Å²) in [6, 6.07) is 6.73. The van der Waals surface area contributed by atoms with E-state index in [4.69, 9.17) is 9.47 Å².